The molecule has 1 amide bonds. The minimum atomic E-state index is -4.23. The van der Waals surface area contributed by atoms with Gasteiger partial charge in [0.15, 0.2) is 0 Å². The standard InChI is InChI=1S/C12H16BrFN2O4S/c1-20-5-3-2-4-16-12(17)8-6-11(21(15,18)19)10(14)7-9(8)13/h6-7H,2-5H2,1H3,(H,16,17)(H2,15,18,19). The molecular weight excluding hydrogens is 367 g/mol. The highest BCUT2D eigenvalue weighted by molar-refractivity contribution is 9.10. The molecule has 0 heterocycles. The highest BCUT2D eigenvalue weighted by Crippen LogP contribution is 2.23. The van der Waals surface area contributed by atoms with E-state index in [1.54, 1.807) is 7.11 Å². The lowest BCUT2D eigenvalue weighted by Crippen LogP contribution is -2.26. The van der Waals surface area contributed by atoms with Crippen LogP contribution < -0.4 is 10.5 Å². The van der Waals surface area contributed by atoms with Crippen molar-refractivity contribution in [3.05, 3.63) is 28.0 Å². The molecule has 118 valence electrons. The summed E-state index contributed by atoms with van der Waals surface area (Å²) in [7, 11) is -2.64. The summed E-state index contributed by atoms with van der Waals surface area (Å²) in [6.07, 6.45) is 1.49. The normalized spacial score (nSPS) is 11.4. The first-order chi connectivity index (χ1) is 9.77. The number of nitrogens with two attached hydrogens (primary N) is 1. The lowest BCUT2D eigenvalue weighted by Gasteiger charge is -2.09. The smallest absolute Gasteiger partial charge is 0.252 e. The lowest BCUT2D eigenvalue weighted by molar-refractivity contribution is 0.0950. The Bertz CT molecular complexity index is 622. The van der Waals surface area contributed by atoms with E-state index in [0.29, 0.717) is 19.6 Å². The number of methoxy groups -OCH3 is 1. The molecule has 0 aliphatic carbocycles. The third-order valence-electron chi connectivity index (χ3n) is 2.63. The van der Waals surface area contributed by atoms with Crippen LogP contribution in [-0.2, 0) is 14.8 Å². The SMILES string of the molecule is COCCCCNC(=O)c1cc(S(N)(=O)=O)c(F)cc1Br. The van der Waals surface area contributed by atoms with E-state index in [2.05, 4.69) is 21.2 Å². The van der Waals surface area contributed by atoms with Crippen LogP contribution in [0.1, 0.15) is 23.2 Å². The number of nitrogens with one attached hydrogen (secondary N) is 1. The largest absolute Gasteiger partial charge is 0.385 e. The van der Waals surface area contributed by atoms with Gasteiger partial charge in [-0.2, -0.15) is 0 Å². The summed E-state index contributed by atoms with van der Waals surface area (Å²) in [6.45, 7) is 0.988. The Morgan fingerprint density at radius 2 is 2.10 bits per heavy atom. The van der Waals surface area contributed by atoms with Crippen molar-refractivity contribution in [3.63, 3.8) is 0 Å². The summed E-state index contributed by atoms with van der Waals surface area (Å²) in [5.41, 5.74) is 0.00664. The number of carbonyl (C=O) groups excluding carboxylic acids is 1. The van der Waals surface area contributed by atoms with Gasteiger partial charge in [0.25, 0.3) is 5.91 Å². The molecule has 1 rings (SSSR count). The van der Waals surface area contributed by atoms with Crippen molar-refractivity contribution in [2.45, 2.75) is 17.7 Å². The van der Waals surface area contributed by atoms with Crippen molar-refractivity contribution < 1.29 is 22.3 Å². The number of carbonyl (C=O) groups is 1. The molecular formula is C12H16BrFN2O4S. The number of hydrogen-bond donors (Lipinski definition) is 2. The van der Waals surface area contributed by atoms with Gasteiger partial charge in [-0.25, -0.2) is 17.9 Å². The van der Waals surface area contributed by atoms with E-state index < -0.39 is 26.6 Å². The molecule has 0 fully saturated rings. The molecule has 0 bridgehead atoms. The average molecular weight is 383 g/mol. The van der Waals surface area contributed by atoms with Crippen molar-refractivity contribution in [2.24, 2.45) is 5.14 Å². The predicted molar refractivity (Wildman–Crippen MR) is 78.9 cm³/mol. The van der Waals surface area contributed by atoms with Gasteiger partial charge in [-0.3, -0.25) is 4.79 Å². The zero-order chi connectivity index (χ0) is 16.0. The molecule has 0 saturated heterocycles. The summed E-state index contributed by atoms with van der Waals surface area (Å²) < 4.78 is 41.1. The minimum absolute atomic E-state index is 0.00664. The van der Waals surface area contributed by atoms with Gasteiger partial charge in [0.2, 0.25) is 10.0 Å². The van der Waals surface area contributed by atoms with E-state index in [-0.39, 0.29) is 10.0 Å². The predicted octanol–water partition coefficient (Wildman–Crippen LogP) is 1.39. The van der Waals surface area contributed by atoms with E-state index >= 15 is 0 Å². The van der Waals surface area contributed by atoms with Crippen LogP contribution in [0.2, 0.25) is 0 Å². The number of amides is 1. The van der Waals surface area contributed by atoms with E-state index in [9.17, 15) is 17.6 Å². The first-order valence-electron chi connectivity index (χ1n) is 6.06. The molecule has 0 radical (unpaired) electrons. The maximum atomic E-state index is 13.5. The number of hydrogen-bond acceptors (Lipinski definition) is 4. The molecule has 1 aromatic rings. The van der Waals surface area contributed by atoms with Crippen LogP contribution in [0.3, 0.4) is 0 Å². The zero-order valence-corrected chi connectivity index (χ0v) is 13.8. The first-order valence-corrected chi connectivity index (χ1v) is 8.40. The summed E-state index contributed by atoms with van der Waals surface area (Å²) >= 11 is 3.03. The van der Waals surface area contributed by atoms with Gasteiger partial charge in [0.05, 0.1) is 5.56 Å². The first kappa shape index (κ1) is 18.0. The minimum Gasteiger partial charge on any atom is -0.385 e. The van der Waals surface area contributed by atoms with Crippen molar-refractivity contribution in [1.29, 1.82) is 0 Å². The molecule has 3 N–H and O–H groups in total. The highest BCUT2D eigenvalue weighted by atomic mass is 79.9. The summed E-state index contributed by atoms with van der Waals surface area (Å²) in [5, 5.41) is 7.52. The van der Waals surface area contributed by atoms with E-state index in [1.165, 1.54) is 0 Å². The third-order valence-corrected chi connectivity index (χ3v) is 4.22. The van der Waals surface area contributed by atoms with Crippen LogP contribution in [0.15, 0.2) is 21.5 Å². The topological polar surface area (TPSA) is 98.5 Å². The van der Waals surface area contributed by atoms with Crippen LogP contribution >= 0.6 is 15.9 Å². The molecule has 9 heteroatoms. The molecule has 6 nitrogen and oxygen atoms in total. The lowest BCUT2D eigenvalue weighted by atomic mass is 10.2. The van der Waals surface area contributed by atoms with Gasteiger partial charge in [-0.15, -0.1) is 0 Å². The van der Waals surface area contributed by atoms with Crippen molar-refractivity contribution in [3.8, 4) is 0 Å². The van der Waals surface area contributed by atoms with Gasteiger partial charge in [0.1, 0.15) is 10.7 Å². The molecule has 0 atom stereocenters. The van der Waals surface area contributed by atoms with Crippen LogP contribution in [0, 0.1) is 5.82 Å². The number of unbranched alkanes of at least 4 members (excludes halogenated alkanes) is 1. The number of rotatable bonds is 7. The van der Waals surface area contributed by atoms with Gasteiger partial charge >= 0.3 is 0 Å². The van der Waals surface area contributed by atoms with Gasteiger partial charge in [0, 0.05) is 24.7 Å². The van der Waals surface area contributed by atoms with Crippen molar-refractivity contribution in [1.82, 2.24) is 5.32 Å². The molecule has 0 aromatic heterocycles. The second kappa shape index (κ2) is 7.83. The fraction of sp³-hybridized carbons (Fsp3) is 0.417. The average Bonchev–Trinajstić information content (AvgIpc) is 2.36. The van der Waals surface area contributed by atoms with Crippen LogP contribution in [0.5, 0.6) is 0 Å². The van der Waals surface area contributed by atoms with E-state index in [1.807, 2.05) is 0 Å². The van der Waals surface area contributed by atoms with Crippen molar-refractivity contribution >= 4 is 31.9 Å². The van der Waals surface area contributed by atoms with Crippen LogP contribution in [0.4, 0.5) is 4.39 Å². The number of benzene rings is 1. The Hall–Kier alpha value is -1.03. The maximum Gasteiger partial charge on any atom is 0.252 e. The van der Waals surface area contributed by atoms with E-state index in [0.717, 1.165) is 18.6 Å². The number of sulfonamides is 1. The highest BCUT2D eigenvalue weighted by Gasteiger charge is 2.20. The molecule has 0 saturated carbocycles. The molecule has 0 unspecified atom stereocenters. The summed E-state index contributed by atoms with van der Waals surface area (Å²) in [4.78, 5) is 11.2. The zero-order valence-electron chi connectivity index (χ0n) is 11.4. The van der Waals surface area contributed by atoms with Crippen LogP contribution in [0.25, 0.3) is 0 Å². The monoisotopic (exact) mass is 382 g/mol. The molecule has 0 aliphatic rings. The van der Waals surface area contributed by atoms with Crippen LogP contribution in [-0.4, -0.2) is 34.6 Å². The molecule has 0 spiro atoms. The Morgan fingerprint density at radius 1 is 1.43 bits per heavy atom. The second-order valence-corrected chi connectivity index (χ2v) is 6.65. The summed E-state index contributed by atoms with van der Waals surface area (Å²) in [5.74, 6) is -1.52. The van der Waals surface area contributed by atoms with E-state index in [4.69, 9.17) is 9.88 Å². The fourth-order valence-corrected chi connectivity index (χ4v) is 2.70. The molecule has 1 aromatic carbocycles. The Morgan fingerprint density at radius 3 is 2.67 bits per heavy atom. The second-order valence-electron chi connectivity index (χ2n) is 4.26. The Kier molecular flexibility index (Phi) is 6.72. The Labute approximate surface area is 131 Å². The fourth-order valence-electron chi connectivity index (χ4n) is 1.59. The molecule has 21 heavy (non-hydrogen) atoms. The number of primary sulfonamides is 1. The maximum absolute atomic E-state index is 13.5. The van der Waals surface area contributed by atoms with Gasteiger partial charge < -0.3 is 10.1 Å². The van der Waals surface area contributed by atoms with Gasteiger partial charge in [-0.05, 0) is 40.9 Å². The van der Waals surface area contributed by atoms with Crippen molar-refractivity contribution in [2.75, 3.05) is 20.3 Å². The number of ether oxygens (including phenoxy) is 1. The Balaban J connectivity index is 2.85. The van der Waals surface area contributed by atoms with Gasteiger partial charge in [-0.1, -0.05) is 0 Å². The molecule has 0 aliphatic heterocycles. The quantitative estimate of drug-likeness (QED) is 0.696. The summed E-state index contributed by atoms with van der Waals surface area (Å²) in [6, 6.07) is 1.82. The number of halogens is 2. The third kappa shape index (κ3) is 5.34.